The molecule has 0 spiro atoms. The van der Waals surface area contributed by atoms with E-state index >= 15 is 0 Å². The molecular formula is C11H21F3N2S. The standard InChI is InChI=1S/C11H21F3N2S/c1-17-6-2-4-15-7-10-3-5-16(8-10)9-11(12,13)14/h10,15H,2-9H2,1H3. The van der Waals surface area contributed by atoms with Crippen molar-refractivity contribution in [2.45, 2.75) is 19.0 Å². The lowest BCUT2D eigenvalue weighted by atomic mass is 10.1. The summed E-state index contributed by atoms with van der Waals surface area (Å²) >= 11 is 1.82. The highest BCUT2D eigenvalue weighted by Gasteiger charge is 2.34. The van der Waals surface area contributed by atoms with E-state index in [9.17, 15) is 13.2 Å². The SMILES string of the molecule is CSCCCNCC1CCN(CC(F)(F)F)C1. The van der Waals surface area contributed by atoms with Gasteiger partial charge in [-0.1, -0.05) is 0 Å². The van der Waals surface area contributed by atoms with Gasteiger partial charge >= 0.3 is 6.18 Å². The maximum absolute atomic E-state index is 12.2. The van der Waals surface area contributed by atoms with Gasteiger partial charge in [0.05, 0.1) is 6.54 Å². The lowest BCUT2D eigenvalue weighted by molar-refractivity contribution is -0.143. The number of thioether (sulfide) groups is 1. The Labute approximate surface area is 105 Å². The van der Waals surface area contributed by atoms with Gasteiger partial charge < -0.3 is 5.32 Å². The minimum atomic E-state index is -4.05. The van der Waals surface area contributed by atoms with Gasteiger partial charge in [-0.05, 0) is 50.4 Å². The Morgan fingerprint density at radius 2 is 2.18 bits per heavy atom. The molecule has 1 atom stereocenters. The Balaban J connectivity index is 2.05. The highest BCUT2D eigenvalue weighted by atomic mass is 32.2. The molecule has 1 heterocycles. The van der Waals surface area contributed by atoms with E-state index in [2.05, 4.69) is 11.6 Å². The van der Waals surface area contributed by atoms with E-state index in [0.29, 0.717) is 19.0 Å². The summed E-state index contributed by atoms with van der Waals surface area (Å²) in [5.41, 5.74) is 0. The van der Waals surface area contributed by atoms with E-state index in [0.717, 1.165) is 31.7 Å². The van der Waals surface area contributed by atoms with Crippen molar-refractivity contribution in [3.63, 3.8) is 0 Å². The summed E-state index contributed by atoms with van der Waals surface area (Å²) in [6.45, 7) is 2.22. The van der Waals surface area contributed by atoms with Crippen LogP contribution in [-0.4, -0.2) is 55.8 Å². The van der Waals surface area contributed by atoms with Crippen LogP contribution in [0, 0.1) is 5.92 Å². The first-order valence-electron chi connectivity index (χ1n) is 6.00. The molecule has 0 aromatic rings. The average molecular weight is 270 g/mol. The highest BCUT2D eigenvalue weighted by Crippen LogP contribution is 2.22. The molecule has 0 radical (unpaired) electrons. The Bertz CT molecular complexity index is 211. The Morgan fingerprint density at radius 3 is 2.82 bits per heavy atom. The van der Waals surface area contributed by atoms with Gasteiger partial charge in [0.1, 0.15) is 0 Å². The highest BCUT2D eigenvalue weighted by molar-refractivity contribution is 7.98. The van der Waals surface area contributed by atoms with Gasteiger partial charge in [-0.2, -0.15) is 24.9 Å². The number of likely N-dealkylation sites (tertiary alicyclic amines) is 1. The van der Waals surface area contributed by atoms with E-state index in [1.54, 1.807) is 0 Å². The van der Waals surface area contributed by atoms with Crippen molar-refractivity contribution >= 4 is 11.8 Å². The predicted molar refractivity (Wildman–Crippen MR) is 66.5 cm³/mol. The summed E-state index contributed by atoms with van der Waals surface area (Å²) in [5.74, 6) is 1.52. The number of rotatable bonds is 7. The van der Waals surface area contributed by atoms with Gasteiger partial charge in [0.25, 0.3) is 0 Å². The molecule has 1 aliphatic rings. The molecule has 0 aromatic heterocycles. The number of halogens is 3. The van der Waals surface area contributed by atoms with Crippen LogP contribution in [0.2, 0.25) is 0 Å². The monoisotopic (exact) mass is 270 g/mol. The lowest BCUT2D eigenvalue weighted by Crippen LogP contribution is -2.33. The molecule has 0 aliphatic carbocycles. The Hall–Kier alpha value is 0.0600. The van der Waals surface area contributed by atoms with E-state index in [4.69, 9.17) is 0 Å². The van der Waals surface area contributed by atoms with E-state index in [1.807, 2.05) is 11.8 Å². The van der Waals surface area contributed by atoms with E-state index in [-0.39, 0.29) is 0 Å². The first-order chi connectivity index (χ1) is 8.01. The van der Waals surface area contributed by atoms with E-state index < -0.39 is 12.7 Å². The summed E-state index contributed by atoms with van der Waals surface area (Å²) in [5, 5.41) is 3.32. The fourth-order valence-electron chi connectivity index (χ4n) is 2.12. The maximum atomic E-state index is 12.2. The summed E-state index contributed by atoms with van der Waals surface area (Å²) in [4.78, 5) is 1.51. The van der Waals surface area contributed by atoms with Crippen LogP contribution in [0.3, 0.4) is 0 Å². The fraction of sp³-hybridized carbons (Fsp3) is 1.00. The van der Waals surface area contributed by atoms with Crippen LogP contribution in [0.4, 0.5) is 13.2 Å². The van der Waals surface area contributed by atoms with Crippen LogP contribution >= 0.6 is 11.8 Å². The summed E-state index contributed by atoms with van der Waals surface area (Å²) in [6.07, 6.45) is 0.0262. The molecule has 1 fully saturated rings. The van der Waals surface area contributed by atoms with Crippen LogP contribution in [-0.2, 0) is 0 Å². The molecule has 17 heavy (non-hydrogen) atoms. The minimum Gasteiger partial charge on any atom is -0.316 e. The van der Waals surface area contributed by atoms with Crippen molar-refractivity contribution in [1.29, 1.82) is 0 Å². The molecule has 1 N–H and O–H groups in total. The van der Waals surface area contributed by atoms with E-state index in [1.165, 1.54) is 4.90 Å². The third-order valence-electron chi connectivity index (χ3n) is 2.91. The quantitative estimate of drug-likeness (QED) is 0.714. The molecule has 0 saturated carbocycles. The van der Waals surface area contributed by atoms with Crippen LogP contribution in [0.25, 0.3) is 0 Å². The number of alkyl halides is 3. The molecular weight excluding hydrogens is 249 g/mol. The van der Waals surface area contributed by atoms with Gasteiger partial charge in [-0.15, -0.1) is 0 Å². The summed E-state index contributed by atoms with van der Waals surface area (Å²) < 4.78 is 36.5. The smallest absolute Gasteiger partial charge is 0.316 e. The largest absolute Gasteiger partial charge is 0.401 e. The van der Waals surface area contributed by atoms with Crippen molar-refractivity contribution in [3.05, 3.63) is 0 Å². The van der Waals surface area contributed by atoms with Gasteiger partial charge in [0, 0.05) is 6.54 Å². The molecule has 2 nitrogen and oxygen atoms in total. The third-order valence-corrected chi connectivity index (χ3v) is 3.60. The Morgan fingerprint density at radius 1 is 1.41 bits per heavy atom. The fourth-order valence-corrected chi connectivity index (χ4v) is 2.56. The van der Waals surface area contributed by atoms with Crippen molar-refractivity contribution in [2.75, 3.05) is 44.7 Å². The molecule has 1 aliphatic heterocycles. The van der Waals surface area contributed by atoms with Gasteiger partial charge in [0.2, 0.25) is 0 Å². The zero-order valence-electron chi connectivity index (χ0n) is 10.2. The van der Waals surface area contributed by atoms with Crippen LogP contribution in [0.5, 0.6) is 0 Å². The molecule has 1 rings (SSSR count). The third kappa shape index (κ3) is 7.16. The summed E-state index contributed by atoms with van der Waals surface area (Å²) in [6, 6.07) is 0. The molecule has 6 heteroatoms. The van der Waals surface area contributed by atoms with Crippen LogP contribution in [0.15, 0.2) is 0 Å². The zero-order chi connectivity index (χ0) is 12.7. The number of nitrogens with one attached hydrogen (secondary N) is 1. The van der Waals surface area contributed by atoms with Crippen molar-refractivity contribution < 1.29 is 13.2 Å². The second kappa shape index (κ2) is 7.48. The minimum absolute atomic E-state index is 0.381. The van der Waals surface area contributed by atoms with Crippen molar-refractivity contribution in [2.24, 2.45) is 5.92 Å². The summed E-state index contributed by atoms with van der Waals surface area (Å²) in [7, 11) is 0. The normalized spacial score (nSPS) is 22.2. The van der Waals surface area contributed by atoms with Crippen molar-refractivity contribution in [1.82, 2.24) is 10.2 Å². The number of hydrogen-bond acceptors (Lipinski definition) is 3. The predicted octanol–water partition coefficient (Wildman–Crippen LogP) is 2.21. The lowest BCUT2D eigenvalue weighted by Gasteiger charge is -2.18. The zero-order valence-corrected chi connectivity index (χ0v) is 11.0. The number of hydrogen-bond donors (Lipinski definition) is 1. The molecule has 1 unspecified atom stereocenters. The Kier molecular flexibility index (Phi) is 6.66. The first-order valence-corrected chi connectivity index (χ1v) is 7.39. The molecule has 1 saturated heterocycles. The second-order valence-corrected chi connectivity index (χ2v) is 5.54. The second-order valence-electron chi connectivity index (χ2n) is 4.56. The molecule has 0 aromatic carbocycles. The average Bonchev–Trinajstić information content (AvgIpc) is 2.63. The van der Waals surface area contributed by atoms with Crippen LogP contribution in [0.1, 0.15) is 12.8 Å². The number of nitrogens with zero attached hydrogens (tertiary/aromatic N) is 1. The van der Waals surface area contributed by atoms with Crippen molar-refractivity contribution in [3.8, 4) is 0 Å². The van der Waals surface area contributed by atoms with Gasteiger partial charge in [-0.25, -0.2) is 0 Å². The maximum Gasteiger partial charge on any atom is 0.401 e. The molecule has 0 bridgehead atoms. The van der Waals surface area contributed by atoms with Gasteiger partial charge in [-0.3, -0.25) is 4.90 Å². The van der Waals surface area contributed by atoms with Gasteiger partial charge in [0.15, 0.2) is 0 Å². The molecule has 102 valence electrons. The van der Waals surface area contributed by atoms with Crippen LogP contribution < -0.4 is 5.32 Å². The first kappa shape index (κ1) is 15.1. The topological polar surface area (TPSA) is 15.3 Å². The molecule has 0 amide bonds.